The molecular weight excluding hydrogens is 488 g/mol. The van der Waals surface area contributed by atoms with Crippen LogP contribution in [0.4, 0.5) is 10.1 Å². The molecule has 0 spiro atoms. The molecule has 174 valence electrons. The molecule has 1 heterocycles. The van der Waals surface area contributed by atoms with Crippen LogP contribution in [-0.4, -0.2) is 32.3 Å². The molecular formula is C22H22Cl2FN5O2S. The Morgan fingerprint density at radius 2 is 1.88 bits per heavy atom. The molecule has 0 aliphatic heterocycles. The van der Waals surface area contributed by atoms with Crippen LogP contribution in [0.25, 0.3) is 0 Å². The first-order valence-electron chi connectivity index (χ1n) is 9.99. The summed E-state index contributed by atoms with van der Waals surface area (Å²) in [5, 5.41) is 15.0. The lowest BCUT2D eigenvalue weighted by molar-refractivity contribution is -0.113. The summed E-state index contributed by atoms with van der Waals surface area (Å²) in [6, 6.07) is 10.1. The Labute approximate surface area is 205 Å². The van der Waals surface area contributed by atoms with E-state index in [0.29, 0.717) is 21.6 Å². The smallest absolute Gasteiger partial charge is 0.253 e. The Hall–Kier alpha value is -2.62. The second-order valence-corrected chi connectivity index (χ2v) is 9.32. The highest BCUT2D eigenvalue weighted by molar-refractivity contribution is 7.99. The molecule has 11 heteroatoms. The molecule has 0 saturated heterocycles. The second-order valence-electron chi connectivity index (χ2n) is 7.54. The Bertz CT molecular complexity index is 1170. The number of hydrogen-bond acceptors (Lipinski definition) is 5. The van der Waals surface area contributed by atoms with Gasteiger partial charge in [0.05, 0.1) is 28.1 Å². The van der Waals surface area contributed by atoms with Gasteiger partial charge in [-0.1, -0.05) is 60.9 Å². The topological polar surface area (TPSA) is 88.9 Å². The molecule has 0 bridgehead atoms. The highest BCUT2D eigenvalue weighted by Gasteiger charge is 2.26. The number of aromatic nitrogens is 3. The molecule has 2 amide bonds. The monoisotopic (exact) mass is 509 g/mol. The summed E-state index contributed by atoms with van der Waals surface area (Å²) in [5.74, 6) is -0.712. The van der Waals surface area contributed by atoms with Crippen molar-refractivity contribution in [3.05, 3.63) is 69.7 Å². The third kappa shape index (κ3) is 6.25. The Balaban J connectivity index is 1.69. The first-order valence-corrected chi connectivity index (χ1v) is 11.7. The van der Waals surface area contributed by atoms with E-state index in [-0.39, 0.29) is 34.2 Å². The Morgan fingerprint density at radius 1 is 1.15 bits per heavy atom. The summed E-state index contributed by atoms with van der Waals surface area (Å²) in [7, 11) is 1.75. The molecule has 0 radical (unpaired) electrons. The maximum atomic E-state index is 13.7. The zero-order valence-corrected chi connectivity index (χ0v) is 20.4. The molecule has 0 aliphatic carbocycles. The quantitative estimate of drug-likeness (QED) is 0.411. The van der Waals surface area contributed by atoms with Gasteiger partial charge in [0.1, 0.15) is 5.82 Å². The predicted molar refractivity (Wildman–Crippen MR) is 128 cm³/mol. The third-order valence-electron chi connectivity index (χ3n) is 4.76. The number of anilines is 1. The summed E-state index contributed by atoms with van der Waals surface area (Å²) in [5.41, 5.74) is 0.415. The van der Waals surface area contributed by atoms with Crippen molar-refractivity contribution in [1.82, 2.24) is 20.1 Å². The van der Waals surface area contributed by atoms with Crippen molar-refractivity contribution in [2.45, 2.75) is 25.0 Å². The number of thioether (sulfide) groups is 1. The van der Waals surface area contributed by atoms with Gasteiger partial charge in [0.25, 0.3) is 5.91 Å². The molecule has 2 aromatic carbocycles. The number of nitrogens with one attached hydrogen (secondary N) is 2. The average molecular weight is 510 g/mol. The molecule has 7 nitrogen and oxygen atoms in total. The van der Waals surface area contributed by atoms with Crippen LogP contribution >= 0.6 is 35.0 Å². The minimum absolute atomic E-state index is 0.00914. The van der Waals surface area contributed by atoms with E-state index in [1.807, 2.05) is 13.8 Å². The molecule has 2 N–H and O–H groups in total. The molecule has 1 aromatic heterocycles. The van der Waals surface area contributed by atoms with Crippen LogP contribution in [-0.2, 0) is 11.8 Å². The number of carbonyl (C=O) groups is 2. The molecule has 33 heavy (non-hydrogen) atoms. The van der Waals surface area contributed by atoms with E-state index < -0.39 is 11.9 Å². The summed E-state index contributed by atoms with van der Waals surface area (Å²) in [6.45, 7) is 3.88. The highest BCUT2D eigenvalue weighted by atomic mass is 35.5. The lowest BCUT2D eigenvalue weighted by atomic mass is 10.0. The van der Waals surface area contributed by atoms with E-state index in [4.69, 9.17) is 23.2 Å². The van der Waals surface area contributed by atoms with Gasteiger partial charge < -0.3 is 15.2 Å². The lowest BCUT2D eigenvalue weighted by Crippen LogP contribution is -2.33. The minimum atomic E-state index is -0.506. The number of benzene rings is 2. The van der Waals surface area contributed by atoms with E-state index in [1.54, 1.807) is 35.9 Å². The van der Waals surface area contributed by atoms with Gasteiger partial charge in [0, 0.05) is 12.1 Å². The van der Waals surface area contributed by atoms with Crippen molar-refractivity contribution in [3.63, 3.8) is 0 Å². The van der Waals surface area contributed by atoms with Crippen LogP contribution in [0.15, 0.2) is 47.6 Å². The number of rotatable bonds is 8. The van der Waals surface area contributed by atoms with Crippen molar-refractivity contribution in [2.75, 3.05) is 11.1 Å². The number of hydrogen-bond donors (Lipinski definition) is 2. The van der Waals surface area contributed by atoms with Crippen LogP contribution in [0.2, 0.25) is 10.0 Å². The summed E-state index contributed by atoms with van der Waals surface area (Å²) in [4.78, 5) is 25.0. The SMILES string of the molecule is CC(C)[C@@H](NC(=O)c1ccc(Cl)cc1Cl)c1nnc(SCC(=O)Nc2ccccc2F)n1C. The molecule has 1 atom stereocenters. The molecule has 0 saturated carbocycles. The number of nitrogens with zero attached hydrogens (tertiary/aromatic N) is 3. The van der Waals surface area contributed by atoms with Crippen molar-refractivity contribution < 1.29 is 14.0 Å². The van der Waals surface area contributed by atoms with Gasteiger partial charge in [-0.15, -0.1) is 10.2 Å². The fourth-order valence-corrected chi connectivity index (χ4v) is 4.24. The molecule has 3 aromatic rings. The standard InChI is InChI=1S/C22H22Cl2FN5O2S/c1-12(2)19(27-21(32)14-9-8-13(23)10-15(14)24)20-28-29-22(30(20)3)33-11-18(31)26-17-7-5-4-6-16(17)25/h4-10,12,19H,11H2,1-3H3,(H,26,31)(H,27,32)/t19-/m1/s1. The summed E-state index contributed by atoms with van der Waals surface area (Å²) in [6.07, 6.45) is 0. The molecule has 0 fully saturated rings. The zero-order valence-electron chi connectivity index (χ0n) is 18.1. The van der Waals surface area contributed by atoms with Crippen LogP contribution in [0, 0.1) is 11.7 Å². The van der Waals surface area contributed by atoms with Gasteiger partial charge in [0.15, 0.2) is 11.0 Å². The molecule has 3 rings (SSSR count). The fourth-order valence-electron chi connectivity index (χ4n) is 3.02. The number of halogens is 3. The summed E-state index contributed by atoms with van der Waals surface area (Å²) < 4.78 is 15.4. The van der Waals surface area contributed by atoms with Crippen LogP contribution in [0.3, 0.4) is 0 Å². The van der Waals surface area contributed by atoms with Gasteiger partial charge >= 0.3 is 0 Å². The zero-order chi connectivity index (χ0) is 24.1. The van der Waals surface area contributed by atoms with Crippen LogP contribution < -0.4 is 10.6 Å². The van der Waals surface area contributed by atoms with E-state index >= 15 is 0 Å². The molecule has 0 unspecified atom stereocenters. The lowest BCUT2D eigenvalue weighted by Gasteiger charge is -2.22. The van der Waals surface area contributed by atoms with E-state index in [1.165, 1.54) is 18.2 Å². The average Bonchev–Trinajstić information content (AvgIpc) is 3.11. The van der Waals surface area contributed by atoms with Crippen molar-refractivity contribution in [2.24, 2.45) is 13.0 Å². The van der Waals surface area contributed by atoms with Gasteiger partial charge in [-0.2, -0.15) is 0 Å². The first kappa shape index (κ1) is 25.0. The molecule has 0 aliphatic rings. The van der Waals surface area contributed by atoms with Gasteiger partial charge in [-0.25, -0.2) is 4.39 Å². The Morgan fingerprint density at radius 3 is 2.55 bits per heavy atom. The fraction of sp³-hybridized carbons (Fsp3) is 0.273. The normalized spacial score (nSPS) is 12.0. The number of amides is 2. The Kier molecular flexibility index (Phi) is 8.34. The largest absolute Gasteiger partial charge is 0.342 e. The maximum absolute atomic E-state index is 13.7. The minimum Gasteiger partial charge on any atom is -0.342 e. The van der Waals surface area contributed by atoms with Gasteiger partial charge in [0.2, 0.25) is 5.91 Å². The van der Waals surface area contributed by atoms with Crippen molar-refractivity contribution >= 4 is 52.5 Å². The van der Waals surface area contributed by atoms with Crippen molar-refractivity contribution in [1.29, 1.82) is 0 Å². The third-order valence-corrected chi connectivity index (χ3v) is 6.32. The van der Waals surface area contributed by atoms with Crippen LogP contribution in [0.1, 0.15) is 36.1 Å². The van der Waals surface area contributed by atoms with E-state index in [2.05, 4.69) is 20.8 Å². The second kappa shape index (κ2) is 11.0. The highest BCUT2D eigenvalue weighted by Crippen LogP contribution is 2.26. The van der Waals surface area contributed by atoms with Gasteiger partial charge in [-0.3, -0.25) is 9.59 Å². The number of carbonyl (C=O) groups excluding carboxylic acids is 2. The van der Waals surface area contributed by atoms with Crippen molar-refractivity contribution in [3.8, 4) is 0 Å². The van der Waals surface area contributed by atoms with E-state index in [9.17, 15) is 14.0 Å². The van der Waals surface area contributed by atoms with Gasteiger partial charge in [-0.05, 0) is 36.2 Å². The summed E-state index contributed by atoms with van der Waals surface area (Å²) >= 11 is 13.2. The predicted octanol–water partition coefficient (Wildman–Crippen LogP) is 5.12. The maximum Gasteiger partial charge on any atom is 0.253 e. The number of para-hydroxylation sites is 1. The van der Waals surface area contributed by atoms with E-state index in [0.717, 1.165) is 11.8 Å². The van der Waals surface area contributed by atoms with Crippen LogP contribution in [0.5, 0.6) is 0 Å². The first-order chi connectivity index (χ1) is 15.7.